The maximum Gasteiger partial charge on any atom is 0.264 e. The number of ether oxygens (including phenoxy) is 4. The molecule has 15 nitrogen and oxygen atoms in total. The molecule has 1 unspecified atom stereocenters. The van der Waals surface area contributed by atoms with Crippen molar-refractivity contribution in [3.8, 4) is 0 Å². The Bertz CT molecular complexity index is 1270. The largest absolute Gasteiger partial charge is 0.382 e. The minimum absolute atomic E-state index is 0.0608. The predicted octanol–water partition coefficient (Wildman–Crippen LogP) is 0.475. The van der Waals surface area contributed by atoms with Crippen LogP contribution in [0, 0.1) is 0 Å². The zero-order valence-corrected chi connectivity index (χ0v) is 26.7. The number of carbonyl (C=O) groups is 6. The number of hydrogen-bond donors (Lipinski definition) is 3. The first-order valence-electron chi connectivity index (χ1n) is 16.3. The van der Waals surface area contributed by atoms with Gasteiger partial charge in [-0.2, -0.15) is 0 Å². The molecular formula is C32H45N5O10. The smallest absolute Gasteiger partial charge is 0.264 e. The lowest BCUT2D eigenvalue weighted by Crippen LogP contribution is -2.54. The molecule has 47 heavy (non-hydrogen) atoms. The number of nitrogens with one attached hydrogen (secondary N) is 3. The molecule has 2 fully saturated rings. The Morgan fingerprint density at radius 1 is 0.830 bits per heavy atom. The topological polar surface area (TPSA) is 182 Å². The summed E-state index contributed by atoms with van der Waals surface area (Å²) in [7, 11) is 0. The summed E-state index contributed by atoms with van der Waals surface area (Å²) in [5.41, 5.74) is 0.877. The van der Waals surface area contributed by atoms with Crippen molar-refractivity contribution in [2.45, 2.75) is 51.0 Å². The van der Waals surface area contributed by atoms with Crippen LogP contribution >= 0.6 is 0 Å². The molecule has 2 saturated heterocycles. The standard InChI is InChI=1S/C32H45N5O10/c38-26-10-9-25(30(41)35-26)37-31(42)23-6-4-7-24(29(23)32(37)43)33-12-15-44-16-17-45-18-19-46-20-21-47-22-27(39)34-11-5-8-28(40)36-13-2-1-3-14-36/h4,6-7,25,33H,1-3,5,8-22H2,(H,34,39)(H,35,38,41). The van der Waals surface area contributed by atoms with E-state index in [1.807, 2.05) is 4.90 Å². The van der Waals surface area contributed by atoms with E-state index in [1.165, 1.54) is 6.42 Å². The Morgan fingerprint density at radius 2 is 1.51 bits per heavy atom. The summed E-state index contributed by atoms with van der Waals surface area (Å²) < 4.78 is 21.8. The van der Waals surface area contributed by atoms with Crippen molar-refractivity contribution in [2.75, 3.05) is 84.4 Å². The van der Waals surface area contributed by atoms with Gasteiger partial charge in [-0.05, 0) is 44.2 Å². The molecule has 15 heteroatoms. The normalized spacial score (nSPS) is 17.9. The first-order chi connectivity index (χ1) is 22.9. The fourth-order valence-corrected chi connectivity index (χ4v) is 5.56. The van der Waals surface area contributed by atoms with Crippen molar-refractivity contribution in [3.05, 3.63) is 29.3 Å². The number of imide groups is 2. The summed E-state index contributed by atoms with van der Waals surface area (Å²) in [5.74, 6) is -2.26. The summed E-state index contributed by atoms with van der Waals surface area (Å²) in [6.07, 6.45) is 4.54. The summed E-state index contributed by atoms with van der Waals surface area (Å²) in [5, 5.41) is 8.07. The fraction of sp³-hybridized carbons (Fsp3) is 0.625. The molecule has 0 aromatic heterocycles. The summed E-state index contributed by atoms with van der Waals surface area (Å²) in [6.45, 7) is 4.80. The van der Waals surface area contributed by atoms with Gasteiger partial charge in [0.1, 0.15) is 12.6 Å². The van der Waals surface area contributed by atoms with E-state index in [-0.39, 0.29) is 49.0 Å². The van der Waals surface area contributed by atoms with Crippen LogP contribution in [0.3, 0.4) is 0 Å². The van der Waals surface area contributed by atoms with E-state index in [4.69, 9.17) is 18.9 Å². The quantitative estimate of drug-likeness (QED) is 0.131. The third kappa shape index (κ3) is 10.8. The highest BCUT2D eigenvalue weighted by Gasteiger charge is 2.45. The summed E-state index contributed by atoms with van der Waals surface area (Å²) in [6, 6.07) is 3.87. The van der Waals surface area contributed by atoms with Crippen LogP contribution in [-0.4, -0.2) is 130 Å². The lowest BCUT2D eigenvalue weighted by atomic mass is 10.0. The fourth-order valence-electron chi connectivity index (χ4n) is 5.56. The van der Waals surface area contributed by atoms with Crippen LogP contribution in [0.2, 0.25) is 0 Å². The van der Waals surface area contributed by atoms with Crippen molar-refractivity contribution in [1.82, 2.24) is 20.4 Å². The minimum atomic E-state index is -1.02. The Morgan fingerprint density at radius 3 is 2.21 bits per heavy atom. The van der Waals surface area contributed by atoms with E-state index >= 15 is 0 Å². The highest BCUT2D eigenvalue weighted by molar-refractivity contribution is 6.25. The number of hydrogen-bond acceptors (Lipinski definition) is 11. The molecule has 0 spiro atoms. The minimum Gasteiger partial charge on any atom is -0.382 e. The van der Waals surface area contributed by atoms with E-state index < -0.39 is 29.7 Å². The van der Waals surface area contributed by atoms with Crippen LogP contribution in [0.25, 0.3) is 0 Å². The molecule has 0 aliphatic carbocycles. The first kappa shape index (κ1) is 35.9. The molecule has 0 saturated carbocycles. The molecule has 0 radical (unpaired) electrons. The van der Waals surface area contributed by atoms with Gasteiger partial charge < -0.3 is 34.5 Å². The molecule has 1 aromatic rings. The molecule has 1 aromatic carbocycles. The first-order valence-corrected chi connectivity index (χ1v) is 16.3. The van der Waals surface area contributed by atoms with Crippen LogP contribution in [0.5, 0.6) is 0 Å². The van der Waals surface area contributed by atoms with E-state index in [9.17, 15) is 28.8 Å². The van der Waals surface area contributed by atoms with Gasteiger partial charge in [-0.1, -0.05) is 6.07 Å². The molecule has 3 aliphatic rings. The predicted molar refractivity (Wildman–Crippen MR) is 168 cm³/mol. The van der Waals surface area contributed by atoms with Crippen molar-refractivity contribution in [2.24, 2.45) is 0 Å². The monoisotopic (exact) mass is 659 g/mol. The molecule has 0 bridgehead atoms. The zero-order chi connectivity index (χ0) is 33.4. The molecule has 3 aliphatic heterocycles. The lowest BCUT2D eigenvalue weighted by molar-refractivity contribution is -0.136. The third-order valence-corrected chi connectivity index (χ3v) is 7.98. The number of anilines is 1. The molecule has 3 N–H and O–H groups in total. The number of fused-ring (bicyclic) bond motifs is 1. The summed E-state index contributed by atoms with van der Waals surface area (Å²) in [4.78, 5) is 76.6. The number of likely N-dealkylation sites (tertiary alicyclic amines) is 1. The molecule has 1 atom stereocenters. The van der Waals surface area contributed by atoms with E-state index in [0.717, 1.165) is 30.8 Å². The number of carbonyl (C=O) groups excluding carboxylic acids is 6. The third-order valence-electron chi connectivity index (χ3n) is 7.98. The number of nitrogens with zero attached hydrogens (tertiary/aromatic N) is 2. The Labute approximate surface area is 273 Å². The second kappa shape index (κ2) is 19.0. The van der Waals surface area contributed by atoms with Crippen molar-refractivity contribution in [3.63, 3.8) is 0 Å². The van der Waals surface area contributed by atoms with E-state index in [0.29, 0.717) is 71.3 Å². The highest BCUT2D eigenvalue weighted by Crippen LogP contribution is 2.32. The average molecular weight is 660 g/mol. The number of benzene rings is 1. The van der Waals surface area contributed by atoms with Gasteiger partial charge in [0.2, 0.25) is 23.6 Å². The zero-order valence-electron chi connectivity index (χ0n) is 26.7. The van der Waals surface area contributed by atoms with Crippen molar-refractivity contribution < 1.29 is 47.7 Å². The van der Waals surface area contributed by atoms with Gasteiger partial charge in [0.25, 0.3) is 11.8 Å². The maximum absolute atomic E-state index is 13.1. The number of rotatable bonds is 20. The molecule has 3 heterocycles. The second-order valence-corrected chi connectivity index (χ2v) is 11.4. The van der Waals surface area contributed by atoms with Gasteiger partial charge >= 0.3 is 0 Å². The van der Waals surface area contributed by atoms with Gasteiger partial charge in [-0.3, -0.25) is 39.0 Å². The Balaban J connectivity index is 0.962. The molecule has 258 valence electrons. The van der Waals surface area contributed by atoms with E-state index in [2.05, 4.69) is 16.0 Å². The average Bonchev–Trinajstić information content (AvgIpc) is 3.33. The Kier molecular flexibility index (Phi) is 14.5. The van der Waals surface area contributed by atoms with Crippen LogP contribution < -0.4 is 16.0 Å². The van der Waals surface area contributed by atoms with Gasteiger partial charge in [0, 0.05) is 44.7 Å². The van der Waals surface area contributed by atoms with Crippen molar-refractivity contribution in [1.29, 1.82) is 0 Å². The van der Waals surface area contributed by atoms with Gasteiger partial charge in [-0.25, -0.2) is 0 Å². The van der Waals surface area contributed by atoms with Gasteiger partial charge in [-0.15, -0.1) is 0 Å². The maximum atomic E-state index is 13.1. The van der Waals surface area contributed by atoms with Gasteiger partial charge in [0.15, 0.2) is 0 Å². The van der Waals surface area contributed by atoms with Crippen LogP contribution in [0.4, 0.5) is 5.69 Å². The summed E-state index contributed by atoms with van der Waals surface area (Å²) >= 11 is 0. The van der Waals surface area contributed by atoms with Gasteiger partial charge in [0.05, 0.1) is 57.4 Å². The van der Waals surface area contributed by atoms with Crippen LogP contribution in [0.15, 0.2) is 18.2 Å². The van der Waals surface area contributed by atoms with E-state index in [1.54, 1.807) is 18.2 Å². The number of amides is 6. The van der Waals surface area contributed by atoms with Crippen LogP contribution in [0.1, 0.15) is 65.7 Å². The highest BCUT2D eigenvalue weighted by atomic mass is 16.6. The Hall–Kier alpha value is -3.92. The second-order valence-electron chi connectivity index (χ2n) is 11.4. The molecular weight excluding hydrogens is 614 g/mol. The molecule has 6 amide bonds. The van der Waals surface area contributed by atoms with Crippen molar-refractivity contribution >= 4 is 41.1 Å². The molecule has 4 rings (SSSR count). The van der Waals surface area contributed by atoms with Crippen LogP contribution in [-0.2, 0) is 38.1 Å². The SMILES string of the molecule is O=C(COCCOCCOCCOCCNc1cccc2c1C(=O)N(C1CCC(=O)NC1=O)C2=O)NCCCC(=O)N1CCCCC1. The lowest BCUT2D eigenvalue weighted by Gasteiger charge is -2.27. The number of piperidine rings is 2.